The van der Waals surface area contributed by atoms with Crippen LogP contribution in [0, 0.1) is 0 Å². The quantitative estimate of drug-likeness (QED) is 0.842. The summed E-state index contributed by atoms with van der Waals surface area (Å²) in [5, 5.41) is 4.03. The fraction of sp³-hybridized carbons (Fsp3) is 0.818. The van der Waals surface area contributed by atoms with Crippen LogP contribution >= 0.6 is 0 Å². The first-order valence-electron chi connectivity index (χ1n) is 6.02. The molecule has 2 unspecified atom stereocenters. The van der Waals surface area contributed by atoms with Gasteiger partial charge in [-0.15, -0.1) is 0 Å². The van der Waals surface area contributed by atoms with Crippen LogP contribution in [0.5, 0.6) is 0 Å². The van der Waals surface area contributed by atoms with Crippen LogP contribution < -0.4 is 10.6 Å². The Labute approximate surface area is 96.0 Å². The number of nitrogens with zero attached hydrogens (tertiary/aromatic N) is 3. The Kier molecular flexibility index (Phi) is 3.43. The molecule has 1 aliphatic rings. The number of hydrogen-bond donors (Lipinski definition) is 1. The Morgan fingerprint density at radius 2 is 1.94 bits per heavy atom. The van der Waals surface area contributed by atoms with Crippen molar-refractivity contribution in [1.82, 2.24) is 10.1 Å². The van der Waals surface area contributed by atoms with Crippen molar-refractivity contribution in [1.29, 1.82) is 0 Å². The standard InChI is InChI=1S/C11H20N4O/c1-8(9(2)12)10-13-11(14-16-10)15-6-4-3-5-7-15/h8-9H,3-7,12H2,1-2H3. The molecule has 1 fully saturated rings. The van der Waals surface area contributed by atoms with Crippen molar-refractivity contribution in [2.75, 3.05) is 18.0 Å². The van der Waals surface area contributed by atoms with Crippen LogP contribution in [-0.2, 0) is 0 Å². The van der Waals surface area contributed by atoms with Gasteiger partial charge in [0.05, 0.1) is 5.92 Å². The Hall–Kier alpha value is -1.10. The van der Waals surface area contributed by atoms with E-state index in [0.29, 0.717) is 5.89 Å². The van der Waals surface area contributed by atoms with E-state index < -0.39 is 0 Å². The van der Waals surface area contributed by atoms with Crippen LogP contribution in [-0.4, -0.2) is 29.3 Å². The van der Waals surface area contributed by atoms with Crippen molar-refractivity contribution in [3.63, 3.8) is 0 Å². The van der Waals surface area contributed by atoms with Gasteiger partial charge in [0.1, 0.15) is 0 Å². The molecule has 5 nitrogen and oxygen atoms in total. The lowest BCUT2D eigenvalue weighted by Gasteiger charge is -2.24. The average Bonchev–Trinajstić information content (AvgIpc) is 2.78. The third-order valence-corrected chi connectivity index (χ3v) is 3.25. The molecule has 2 heterocycles. The SMILES string of the molecule is CC(N)C(C)c1nc(N2CCCCC2)no1. The highest BCUT2D eigenvalue weighted by atomic mass is 16.5. The Morgan fingerprint density at radius 3 is 2.56 bits per heavy atom. The first-order chi connectivity index (χ1) is 7.68. The summed E-state index contributed by atoms with van der Waals surface area (Å²) >= 11 is 0. The number of anilines is 1. The van der Waals surface area contributed by atoms with Gasteiger partial charge >= 0.3 is 0 Å². The summed E-state index contributed by atoms with van der Waals surface area (Å²) in [6, 6.07) is 0.0367. The summed E-state index contributed by atoms with van der Waals surface area (Å²) in [6.07, 6.45) is 3.73. The van der Waals surface area contributed by atoms with E-state index in [4.69, 9.17) is 10.3 Å². The normalized spacial score (nSPS) is 20.8. The van der Waals surface area contributed by atoms with Crippen molar-refractivity contribution in [3.8, 4) is 0 Å². The lowest BCUT2D eigenvalue weighted by molar-refractivity contribution is 0.345. The maximum Gasteiger partial charge on any atom is 0.266 e. The smallest absolute Gasteiger partial charge is 0.266 e. The Balaban J connectivity index is 2.06. The molecule has 1 aromatic rings. The molecule has 0 saturated carbocycles. The van der Waals surface area contributed by atoms with Gasteiger partial charge in [-0.25, -0.2) is 0 Å². The van der Waals surface area contributed by atoms with Gasteiger partial charge in [0.25, 0.3) is 5.95 Å². The molecule has 0 bridgehead atoms. The molecular formula is C11H20N4O. The predicted octanol–water partition coefficient (Wildman–Crippen LogP) is 1.51. The largest absolute Gasteiger partial charge is 0.338 e. The lowest BCUT2D eigenvalue weighted by Crippen LogP contribution is -2.30. The van der Waals surface area contributed by atoms with Crippen LogP contribution in [0.3, 0.4) is 0 Å². The van der Waals surface area contributed by atoms with E-state index >= 15 is 0 Å². The van der Waals surface area contributed by atoms with Gasteiger partial charge in [0.2, 0.25) is 5.89 Å². The topological polar surface area (TPSA) is 68.2 Å². The van der Waals surface area contributed by atoms with Gasteiger partial charge < -0.3 is 15.2 Å². The number of aromatic nitrogens is 2. The van der Waals surface area contributed by atoms with Crippen molar-refractivity contribution >= 4 is 5.95 Å². The molecule has 16 heavy (non-hydrogen) atoms. The molecule has 2 rings (SSSR count). The fourth-order valence-corrected chi connectivity index (χ4v) is 1.86. The van der Waals surface area contributed by atoms with E-state index in [9.17, 15) is 0 Å². The molecule has 0 radical (unpaired) electrons. The van der Waals surface area contributed by atoms with Crippen molar-refractivity contribution in [2.24, 2.45) is 5.73 Å². The summed E-state index contributed by atoms with van der Waals surface area (Å²) in [5.74, 6) is 1.49. The second-order valence-electron chi connectivity index (χ2n) is 4.63. The Morgan fingerprint density at radius 1 is 1.25 bits per heavy atom. The zero-order chi connectivity index (χ0) is 11.5. The first kappa shape index (κ1) is 11.4. The number of piperidine rings is 1. The van der Waals surface area contributed by atoms with Crippen molar-refractivity contribution in [3.05, 3.63) is 5.89 Å². The average molecular weight is 224 g/mol. The molecule has 0 amide bonds. The lowest BCUT2D eigenvalue weighted by atomic mass is 10.1. The molecule has 5 heteroatoms. The van der Waals surface area contributed by atoms with Crippen LogP contribution in [0.15, 0.2) is 4.52 Å². The highest BCUT2D eigenvalue weighted by Gasteiger charge is 2.21. The third-order valence-electron chi connectivity index (χ3n) is 3.25. The molecule has 2 N–H and O–H groups in total. The van der Waals surface area contributed by atoms with Crippen LogP contribution in [0.1, 0.15) is 44.9 Å². The monoisotopic (exact) mass is 224 g/mol. The van der Waals surface area contributed by atoms with Gasteiger partial charge in [-0.3, -0.25) is 0 Å². The zero-order valence-electron chi connectivity index (χ0n) is 10.0. The summed E-state index contributed by atoms with van der Waals surface area (Å²) in [6.45, 7) is 6.03. The van der Waals surface area contributed by atoms with Crippen LogP contribution in [0.25, 0.3) is 0 Å². The third kappa shape index (κ3) is 2.35. The molecule has 1 aromatic heterocycles. The minimum absolute atomic E-state index is 0.0367. The highest BCUT2D eigenvalue weighted by molar-refractivity contribution is 5.28. The number of hydrogen-bond acceptors (Lipinski definition) is 5. The van der Waals surface area contributed by atoms with Crippen LogP contribution in [0.4, 0.5) is 5.95 Å². The maximum absolute atomic E-state index is 5.81. The number of rotatable bonds is 3. The molecule has 90 valence electrons. The van der Waals surface area contributed by atoms with Gasteiger partial charge in [-0.05, 0) is 31.3 Å². The maximum atomic E-state index is 5.81. The minimum Gasteiger partial charge on any atom is -0.338 e. The number of nitrogens with two attached hydrogens (primary N) is 1. The van der Waals surface area contributed by atoms with E-state index in [1.54, 1.807) is 0 Å². The summed E-state index contributed by atoms with van der Waals surface area (Å²) in [4.78, 5) is 6.61. The van der Waals surface area contributed by atoms with Gasteiger partial charge in [-0.1, -0.05) is 6.92 Å². The summed E-state index contributed by atoms with van der Waals surface area (Å²) in [5.41, 5.74) is 5.81. The second-order valence-corrected chi connectivity index (χ2v) is 4.63. The Bertz CT molecular complexity index is 330. The van der Waals surface area contributed by atoms with E-state index in [1.807, 2.05) is 13.8 Å². The molecule has 0 aliphatic carbocycles. The van der Waals surface area contributed by atoms with Gasteiger partial charge in [0.15, 0.2) is 0 Å². The minimum atomic E-state index is 0.0367. The summed E-state index contributed by atoms with van der Waals surface area (Å²) in [7, 11) is 0. The van der Waals surface area contributed by atoms with Crippen molar-refractivity contribution in [2.45, 2.75) is 45.1 Å². The van der Waals surface area contributed by atoms with Crippen molar-refractivity contribution < 1.29 is 4.52 Å². The molecule has 0 aromatic carbocycles. The highest BCUT2D eigenvalue weighted by Crippen LogP contribution is 2.21. The van der Waals surface area contributed by atoms with E-state index in [2.05, 4.69) is 15.0 Å². The molecule has 1 saturated heterocycles. The molecule has 2 atom stereocenters. The predicted molar refractivity (Wildman–Crippen MR) is 62.4 cm³/mol. The summed E-state index contributed by atoms with van der Waals surface area (Å²) < 4.78 is 5.26. The fourth-order valence-electron chi connectivity index (χ4n) is 1.86. The zero-order valence-corrected chi connectivity index (χ0v) is 10.0. The van der Waals surface area contributed by atoms with E-state index in [0.717, 1.165) is 19.0 Å². The first-order valence-corrected chi connectivity index (χ1v) is 6.02. The van der Waals surface area contributed by atoms with E-state index in [-0.39, 0.29) is 12.0 Å². The van der Waals surface area contributed by atoms with Gasteiger partial charge in [-0.2, -0.15) is 4.98 Å². The van der Waals surface area contributed by atoms with Crippen LogP contribution in [0.2, 0.25) is 0 Å². The van der Waals surface area contributed by atoms with E-state index in [1.165, 1.54) is 19.3 Å². The molecule has 1 aliphatic heterocycles. The molecular weight excluding hydrogens is 204 g/mol. The van der Waals surface area contributed by atoms with Gasteiger partial charge in [0, 0.05) is 19.1 Å². The molecule has 0 spiro atoms. The second kappa shape index (κ2) is 4.82.